The summed E-state index contributed by atoms with van der Waals surface area (Å²) in [7, 11) is 1.41. The molecular formula is C11H12FN3O2. The third-order valence-electron chi connectivity index (χ3n) is 2.18. The molecule has 2 rings (SSSR count). The molecule has 0 saturated heterocycles. The molecule has 0 bridgehead atoms. The van der Waals surface area contributed by atoms with E-state index in [0.717, 1.165) is 5.56 Å². The predicted molar refractivity (Wildman–Crippen MR) is 60.3 cm³/mol. The highest BCUT2D eigenvalue weighted by Gasteiger charge is 2.05. The number of aromatic nitrogens is 2. The first kappa shape index (κ1) is 11.3. The van der Waals surface area contributed by atoms with Gasteiger partial charge in [0.05, 0.1) is 7.11 Å². The summed E-state index contributed by atoms with van der Waals surface area (Å²) in [4.78, 5) is 0. The number of nitrogens with two attached hydrogens (primary N) is 1. The number of methoxy groups -OCH3 is 1. The van der Waals surface area contributed by atoms with E-state index in [-0.39, 0.29) is 12.4 Å². The molecule has 0 unspecified atom stereocenters. The van der Waals surface area contributed by atoms with Crippen LogP contribution in [0.5, 0.6) is 11.6 Å². The van der Waals surface area contributed by atoms with Crippen molar-refractivity contribution in [1.29, 1.82) is 0 Å². The van der Waals surface area contributed by atoms with Crippen molar-refractivity contribution in [2.45, 2.75) is 6.61 Å². The van der Waals surface area contributed by atoms with Gasteiger partial charge < -0.3 is 15.2 Å². The molecule has 0 amide bonds. The summed E-state index contributed by atoms with van der Waals surface area (Å²) in [5.74, 6) is 0.607. The summed E-state index contributed by atoms with van der Waals surface area (Å²) in [6.07, 6.45) is 0. The van der Waals surface area contributed by atoms with Crippen molar-refractivity contribution in [2.75, 3.05) is 12.8 Å². The van der Waals surface area contributed by atoms with Crippen LogP contribution in [0.4, 0.5) is 10.2 Å². The van der Waals surface area contributed by atoms with Crippen LogP contribution in [0.15, 0.2) is 24.3 Å². The number of benzene rings is 1. The Morgan fingerprint density at radius 3 is 2.88 bits per heavy atom. The van der Waals surface area contributed by atoms with Crippen LogP contribution in [0, 0.1) is 5.82 Å². The Balaban J connectivity index is 2.04. The van der Waals surface area contributed by atoms with Crippen molar-refractivity contribution in [2.24, 2.45) is 0 Å². The lowest BCUT2D eigenvalue weighted by atomic mass is 10.2. The molecule has 0 aliphatic heterocycles. The second kappa shape index (κ2) is 4.73. The second-order valence-electron chi connectivity index (χ2n) is 3.42. The summed E-state index contributed by atoms with van der Waals surface area (Å²) in [5.41, 5.74) is 6.23. The largest absolute Gasteiger partial charge is 0.494 e. The Labute approximate surface area is 97.3 Å². The normalized spacial score (nSPS) is 10.2. The molecule has 0 spiro atoms. The van der Waals surface area contributed by atoms with Gasteiger partial charge in [-0.15, -0.1) is 5.10 Å². The van der Waals surface area contributed by atoms with Crippen molar-refractivity contribution in [3.63, 3.8) is 0 Å². The first-order valence-electron chi connectivity index (χ1n) is 4.95. The average Bonchev–Trinajstić information content (AvgIpc) is 2.74. The molecule has 0 radical (unpaired) electrons. The molecule has 3 N–H and O–H groups in total. The maximum atomic E-state index is 13.1. The minimum absolute atomic E-state index is 0.188. The smallest absolute Gasteiger partial charge is 0.235 e. The molecule has 1 aromatic heterocycles. The maximum absolute atomic E-state index is 13.1. The Morgan fingerprint density at radius 1 is 1.41 bits per heavy atom. The second-order valence-corrected chi connectivity index (χ2v) is 3.42. The lowest BCUT2D eigenvalue weighted by Gasteiger charge is -2.06. The number of nitrogens with one attached hydrogen (secondary N) is 1. The van der Waals surface area contributed by atoms with Gasteiger partial charge in [0.1, 0.15) is 12.4 Å². The monoisotopic (exact) mass is 237 g/mol. The highest BCUT2D eigenvalue weighted by atomic mass is 19.1. The van der Waals surface area contributed by atoms with E-state index in [1.807, 2.05) is 0 Å². The zero-order chi connectivity index (χ0) is 12.3. The van der Waals surface area contributed by atoms with Gasteiger partial charge in [-0.1, -0.05) is 6.07 Å². The van der Waals surface area contributed by atoms with Crippen LogP contribution < -0.4 is 15.2 Å². The molecular weight excluding hydrogens is 225 g/mol. The van der Waals surface area contributed by atoms with E-state index in [9.17, 15) is 4.39 Å². The SMILES string of the molecule is COc1cc(COc2cc(N)[nH]n2)ccc1F. The van der Waals surface area contributed by atoms with E-state index in [4.69, 9.17) is 15.2 Å². The van der Waals surface area contributed by atoms with Crippen molar-refractivity contribution >= 4 is 5.82 Å². The van der Waals surface area contributed by atoms with Crippen LogP contribution in [0.25, 0.3) is 0 Å². The maximum Gasteiger partial charge on any atom is 0.235 e. The standard InChI is InChI=1S/C11H12FN3O2/c1-16-9-4-7(2-3-8(9)12)6-17-11-5-10(13)14-15-11/h2-5H,6H2,1H3,(H3,13,14,15). The molecule has 0 atom stereocenters. The van der Waals surface area contributed by atoms with Crippen LogP contribution in [-0.4, -0.2) is 17.3 Å². The summed E-state index contributed by atoms with van der Waals surface area (Å²) >= 11 is 0. The number of aromatic amines is 1. The third-order valence-corrected chi connectivity index (χ3v) is 2.18. The van der Waals surface area contributed by atoms with Gasteiger partial charge in [-0.25, -0.2) is 4.39 Å². The highest BCUT2D eigenvalue weighted by molar-refractivity contribution is 5.33. The van der Waals surface area contributed by atoms with E-state index in [2.05, 4.69) is 10.2 Å². The number of ether oxygens (including phenoxy) is 2. The summed E-state index contributed by atoms with van der Waals surface area (Å²) in [6, 6.07) is 6.09. The number of H-pyrrole nitrogens is 1. The van der Waals surface area contributed by atoms with E-state index >= 15 is 0 Å². The van der Waals surface area contributed by atoms with E-state index in [1.54, 1.807) is 18.2 Å². The van der Waals surface area contributed by atoms with E-state index in [1.165, 1.54) is 13.2 Å². The summed E-state index contributed by atoms with van der Waals surface area (Å²) < 4.78 is 23.4. The van der Waals surface area contributed by atoms with Gasteiger partial charge in [0, 0.05) is 6.07 Å². The van der Waals surface area contributed by atoms with Crippen LogP contribution >= 0.6 is 0 Å². The molecule has 5 nitrogen and oxygen atoms in total. The molecule has 2 aromatic rings. The Morgan fingerprint density at radius 2 is 2.24 bits per heavy atom. The molecule has 1 aromatic carbocycles. The van der Waals surface area contributed by atoms with Crippen molar-refractivity contribution in [3.05, 3.63) is 35.6 Å². The van der Waals surface area contributed by atoms with Crippen molar-refractivity contribution < 1.29 is 13.9 Å². The van der Waals surface area contributed by atoms with Crippen LogP contribution in [0.2, 0.25) is 0 Å². The van der Waals surface area contributed by atoms with Gasteiger partial charge in [-0.05, 0) is 17.7 Å². The number of nitrogen functional groups attached to an aromatic ring is 1. The average molecular weight is 237 g/mol. The van der Waals surface area contributed by atoms with Crippen LogP contribution in [0.3, 0.4) is 0 Å². The quantitative estimate of drug-likeness (QED) is 0.849. The van der Waals surface area contributed by atoms with Crippen LogP contribution in [-0.2, 0) is 6.61 Å². The van der Waals surface area contributed by atoms with E-state index in [0.29, 0.717) is 11.7 Å². The fourth-order valence-electron chi connectivity index (χ4n) is 1.34. The number of hydrogen-bond donors (Lipinski definition) is 2. The minimum atomic E-state index is -0.403. The molecule has 0 aliphatic rings. The van der Waals surface area contributed by atoms with Gasteiger partial charge in [-0.3, -0.25) is 5.10 Å². The Bertz CT molecular complexity index is 513. The van der Waals surface area contributed by atoms with Gasteiger partial charge in [-0.2, -0.15) is 0 Å². The molecule has 1 heterocycles. The fraction of sp³-hybridized carbons (Fsp3) is 0.182. The van der Waals surface area contributed by atoms with Crippen LogP contribution in [0.1, 0.15) is 5.56 Å². The predicted octanol–water partition coefficient (Wildman–Crippen LogP) is 1.72. The van der Waals surface area contributed by atoms with Gasteiger partial charge in [0.25, 0.3) is 0 Å². The van der Waals surface area contributed by atoms with Crippen molar-refractivity contribution in [3.8, 4) is 11.6 Å². The Hall–Kier alpha value is -2.24. The number of rotatable bonds is 4. The van der Waals surface area contributed by atoms with Gasteiger partial charge in [0.2, 0.25) is 5.88 Å². The van der Waals surface area contributed by atoms with E-state index < -0.39 is 5.82 Å². The number of halogens is 1. The first-order valence-corrected chi connectivity index (χ1v) is 4.95. The number of anilines is 1. The molecule has 6 heteroatoms. The molecule has 17 heavy (non-hydrogen) atoms. The molecule has 0 saturated carbocycles. The minimum Gasteiger partial charge on any atom is -0.494 e. The zero-order valence-corrected chi connectivity index (χ0v) is 9.24. The number of nitrogens with zero attached hydrogens (tertiary/aromatic N) is 1. The molecule has 0 aliphatic carbocycles. The number of hydrogen-bond acceptors (Lipinski definition) is 4. The molecule has 0 fully saturated rings. The molecule has 90 valence electrons. The van der Waals surface area contributed by atoms with Gasteiger partial charge in [0.15, 0.2) is 11.6 Å². The summed E-state index contributed by atoms with van der Waals surface area (Å²) in [5, 5.41) is 6.37. The lowest BCUT2D eigenvalue weighted by Crippen LogP contribution is -1.97. The Kier molecular flexibility index (Phi) is 3.13. The first-order chi connectivity index (χ1) is 8.19. The zero-order valence-electron chi connectivity index (χ0n) is 9.24. The lowest BCUT2D eigenvalue weighted by molar-refractivity contribution is 0.292. The fourth-order valence-corrected chi connectivity index (χ4v) is 1.34. The third kappa shape index (κ3) is 2.66. The van der Waals surface area contributed by atoms with Gasteiger partial charge >= 0.3 is 0 Å². The highest BCUT2D eigenvalue weighted by Crippen LogP contribution is 2.19. The summed E-state index contributed by atoms with van der Waals surface area (Å²) in [6.45, 7) is 0.265. The topological polar surface area (TPSA) is 73.2 Å². The van der Waals surface area contributed by atoms with Crippen molar-refractivity contribution in [1.82, 2.24) is 10.2 Å².